The highest BCUT2D eigenvalue weighted by atomic mass is 19.2. The molecular formula is C15H8F2N2O. The van der Waals surface area contributed by atoms with Crippen molar-refractivity contribution in [3.8, 4) is 6.07 Å². The minimum atomic E-state index is -1.13. The molecule has 0 aliphatic heterocycles. The Morgan fingerprint density at radius 1 is 1.20 bits per heavy atom. The van der Waals surface area contributed by atoms with Gasteiger partial charge in [0, 0.05) is 16.7 Å². The molecule has 3 nitrogen and oxygen atoms in total. The smallest absolute Gasteiger partial charge is 0.270 e. The summed E-state index contributed by atoms with van der Waals surface area (Å²) in [5, 5.41) is 9.00. The lowest BCUT2D eigenvalue weighted by Gasteiger charge is -2.04. The third-order valence-corrected chi connectivity index (χ3v) is 3.01. The number of hydrogen-bond acceptors (Lipinski definition) is 2. The van der Waals surface area contributed by atoms with Crippen molar-refractivity contribution in [3.63, 3.8) is 0 Å². The molecule has 98 valence electrons. The molecule has 1 aromatic rings. The van der Waals surface area contributed by atoms with Crippen molar-refractivity contribution in [2.45, 2.75) is 13.8 Å². The molecule has 0 spiro atoms. The number of benzene rings is 1. The number of carbonyl (C=O) groups excluding carboxylic acids is 1. The molecular weight excluding hydrogens is 262 g/mol. The first kappa shape index (κ1) is 13.6. The molecule has 1 aliphatic carbocycles. The Kier molecular flexibility index (Phi) is 3.21. The average molecular weight is 270 g/mol. The molecule has 20 heavy (non-hydrogen) atoms. The summed E-state index contributed by atoms with van der Waals surface area (Å²) in [4.78, 5) is 15.3. The van der Waals surface area contributed by atoms with Gasteiger partial charge in [-0.2, -0.15) is 0 Å². The maximum atomic E-state index is 13.4. The first-order valence-electron chi connectivity index (χ1n) is 5.66. The molecule has 1 aromatic carbocycles. The normalized spacial score (nSPS) is 15.5. The molecule has 0 heterocycles. The van der Waals surface area contributed by atoms with Crippen molar-refractivity contribution in [3.05, 3.63) is 63.2 Å². The van der Waals surface area contributed by atoms with Gasteiger partial charge in [-0.05, 0) is 31.5 Å². The minimum Gasteiger partial charge on any atom is -0.289 e. The lowest BCUT2D eigenvalue weighted by Crippen LogP contribution is -1.98. The average Bonchev–Trinajstić information content (AvgIpc) is 2.66. The summed E-state index contributed by atoms with van der Waals surface area (Å²) in [6.45, 7) is 10.3. The Morgan fingerprint density at radius 3 is 2.20 bits per heavy atom. The van der Waals surface area contributed by atoms with Crippen LogP contribution in [0.1, 0.15) is 29.8 Å². The number of rotatable bonds is 0. The van der Waals surface area contributed by atoms with Crippen LogP contribution in [0.2, 0.25) is 0 Å². The summed E-state index contributed by atoms with van der Waals surface area (Å²) < 4.78 is 26.7. The van der Waals surface area contributed by atoms with Crippen molar-refractivity contribution in [2.24, 2.45) is 0 Å². The molecule has 0 N–H and O–H groups in total. The van der Waals surface area contributed by atoms with Gasteiger partial charge in [0.25, 0.3) is 5.70 Å². The Bertz CT molecular complexity index is 769. The van der Waals surface area contributed by atoms with E-state index in [1.807, 2.05) is 0 Å². The number of fused-ring (bicyclic) bond motifs is 1. The molecule has 0 saturated carbocycles. The highest BCUT2D eigenvalue weighted by molar-refractivity contribution is 6.27. The fourth-order valence-corrected chi connectivity index (χ4v) is 2.18. The van der Waals surface area contributed by atoms with E-state index in [4.69, 9.17) is 11.8 Å². The largest absolute Gasteiger partial charge is 0.289 e. The van der Waals surface area contributed by atoms with Crippen LogP contribution in [-0.2, 0) is 0 Å². The van der Waals surface area contributed by atoms with Gasteiger partial charge in [-0.15, -0.1) is 0 Å². The van der Waals surface area contributed by atoms with Crippen LogP contribution >= 0.6 is 0 Å². The topological polar surface area (TPSA) is 45.2 Å². The molecule has 0 atom stereocenters. The predicted octanol–water partition coefficient (Wildman–Crippen LogP) is 3.65. The van der Waals surface area contributed by atoms with Gasteiger partial charge in [-0.1, -0.05) is 5.57 Å². The number of ketones is 1. The fraction of sp³-hybridized carbons (Fsp3) is 0.133. The number of nitriles is 1. The van der Waals surface area contributed by atoms with Gasteiger partial charge in [0.1, 0.15) is 0 Å². The van der Waals surface area contributed by atoms with E-state index in [9.17, 15) is 13.6 Å². The summed E-state index contributed by atoms with van der Waals surface area (Å²) in [6.07, 6.45) is 0. The van der Waals surface area contributed by atoms with E-state index in [1.165, 1.54) is 0 Å². The SMILES string of the molecule is [C-]#[N+]/C(C#N)=C1\C(=C(C)C)C(=O)c2cc(F)c(F)cc21. The molecule has 2 rings (SSSR count). The number of nitrogens with zero attached hydrogens (tertiary/aromatic N) is 2. The molecule has 0 saturated heterocycles. The van der Waals surface area contributed by atoms with Crippen LogP contribution in [0.4, 0.5) is 8.78 Å². The quantitative estimate of drug-likeness (QED) is 0.410. The molecule has 0 fully saturated rings. The van der Waals surface area contributed by atoms with Crippen LogP contribution in [0.25, 0.3) is 10.4 Å². The van der Waals surface area contributed by atoms with Crippen LogP contribution in [0.3, 0.4) is 0 Å². The van der Waals surface area contributed by atoms with Crippen molar-refractivity contribution in [2.75, 3.05) is 0 Å². The van der Waals surface area contributed by atoms with Gasteiger partial charge >= 0.3 is 0 Å². The zero-order valence-electron chi connectivity index (χ0n) is 10.7. The van der Waals surface area contributed by atoms with Crippen LogP contribution in [0.15, 0.2) is 29.0 Å². The van der Waals surface area contributed by atoms with Gasteiger partial charge in [0.15, 0.2) is 17.4 Å². The Morgan fingerprint density at radius 2 is 1.75 bits per heavy atom. The van der Waals surface area contributed by atoms with Crippen molar-refractivity contribution >= 4 is 11.4 Å². The summed E-state index contributed by atoms with van der Waals surface area (Å²) in [7, 11) is 0. The first-order chi connectivity index (χ1) is 9.42. The Hall–Kier alpha value is -2.79. The highest BCUT2D eigenvalue weighted by Gasteiger charge is 2.34. The van der Waals surface area contributed by atoms with E-state index < -0.39 is 17.4 Å². The van der Waals surface area contributed by atoms with E-state index in [1.54, 1.807) is 19.9 Å². The zero-order valence-corrected chi connectivity index (χ0v) is 10.7. The van der Waals surface area contributed by atoms with Crippen LogP contribution < -0.4 is 0 Å². The van der Waals surface area contributed by atoms with Gasteiger partial charge in [-0.3, -0.25) is 4.79 Å². The fourth-order valence-electron chi connectivity index (χ4n) is 2.18. The lowest BCUT2D eigenvalue weighted by molar-refractivity contribution is 0.104. The molecule has 0 amide bonds. The summed E-state index contributed by atoms with van der Waals surface area (Å²) >= 11 is 0. The molecule has 5 heteroatoms. The van der Waals surface area contributed by atoms with Crippen LogP contribution in [-0.4, -0.2) is 5.78 Å². The molecule has 0 bridgehead atoms. The second kappa shape index (κ2) is 4.71. The zero-order chi connectivity index (χ0) is 15.0. The Labute approximate surface area is 114 Å². The number of allylic oxidation sites excluding steroid dienone is 4. The summed E-state index contributed by atoms with van der Waals surface area (Å²) in [5.74, 6) is -2.75. The van der Waals surface area contributed by atoms with Gasteiger partial charge < -0.3 is 0 Å². The Balaban J connectivity index is 2.97. The van der Waals surface area contributed by atoms with Crippen molar-refractivity contribution in [1.82, 2.24) is 0 Å². The summed E-state index contributed by atoms with van der Waals surface area (Å²) in [6, 6.07) is 3.36. The standard InChI is InChI=1S/C15H8F2N2O/c1-7(2)13-14(12(6-18)19-3)8-4-10(16)11(17)5-9(8)15(13)20/h4-5H,1-2H3/b14-12-. The van der Waals surface area contributed by atoms with Crippen molar-refractivity contribution in [1.29, 1.82) is 5.26 Å². The third kappa shape index (κ3) is 1.81. The second-order valence-electron chi connectivity index (χ2n) is 4.46. The van der Waals surface area contributed by atoms with E-state index >= 15 is 0 Å². The number of halogens is 2. The first-order valence-corrected chi connectivity index (χ1v) is 5.66. The molecule has 0 unspecified atom stereocenters. The molecule has 0 aromatic heterocycles. The van der Waals surface area contributed by atoms with Gasteiger partial charge in [0.05, 0.1) is 12.6 Å². The lowest BCUT2D eigenvalue weighted by atomic mass is 9.99. The second-order valence-corrected chi connectivity index (χ2v) is 4.46. The predicted molar refractivity (Wildman–Crippen MR) is 68.2 cm³/mol. The van der Waals surface area contributed by atoms with Crippen LogP contribution in [0, 0.1) is 29.5 Å². The van der Waals surface area contributed by atoms with Crippen molar-refractivity contribution < 1.29 is 13.6 Å². The van der Waals surface area contributed by atoms with E-state index in [2.05, 4.69) is 4.85 Å². The third-order valence-electron chi connectivity index (χ3n) is 3.01. The van der Waals surface area contributed by atoms with E-state index in [0.29, 0.717) is 5.57 Å². The maximum absolute atomic E-state index is 13.4. The van der Waals surface area contributed by atoms with Gasteiger partial charge in [0.2, 0.25) is 0 Å². The summed E-state index contributed by atoms with van der Waals surface area (Å²) in [5.41, 5.74) is 0.598. The van der Waals surface area contributed by atoms with Gasteiger partial charge in [-0.25, -0.2) is 18.9 Å². The number of hydrogen-bond donors (Lipinski definition) is 0. The number of carbonyl (C=O) groups is 1. The molecule has 1 aliphatic rings. The monoisotopic (exact) mass is 270 g/mol. The highest BCUT2D eigenvalue weighted by Crippen LogP contribution is 2.41. The van der Waals surface area contributed by atoms with E-state index in [-0.39, 0.29) is 28.0 Å². The number of Topliss-reactive ketones (excluding diaryl/α,β-unsaturated/α-hetero) is 1. The minimum absolute atomic E-state index is 0.0218. The van der Waals surface area contributed by atoms with E-state index in [0.717, 1.165) is 12.1 Å². The molecule has 0 radical (unpaired) electrons. The maximum Gasteiger partial charge on any atom is 0.270 e. The van der Waals surface area contributed by atoms with Crippen LogP contribution in [0.5, 0.6) is 0 Å².